The number of amides is 1. The molecule has 0 aliphatic carbocycles. The zero-order valence-corrected chi connectivity index (χ0v) is 18.8. The van der Waals surface area contributed by atoms with E-state index in [0.29, 0.717) is 18.9 Å². The third-order valence-electron chi connectivity index (χ3n) is 4.74. The maximum Gasteiger partial charge on any atom is 0.407 e. The van der Waals surface area contributed by atoms with E-state index < -0.39 is 23.8 Å². The lowest BCUT2D eigenvalue weighted by molar-refractivity contribution is 0.0355. The molecule has 7 heteroatoms. The zero-order valence-electron chi connectivity index (χ0n) is 18.8. The van der Waals surface area contributed by atoms with Crippen molar-refractivity contribution in [3.8, 4) is 0 Å². The summed E-state index contributed by atoms with van der Waals surface area (Å²) in [4.78, 5) is 16.8. The van der Waals surface area contributed by atoms with Gasteiger partial charge in [0.1, 0.15) is 24.3 Å². The number of imidazole rings is 1. The first-order chi connectivity index (χ1) is 15.3. The Morgan fingerprint density at radius 1 is 1.06 bits per heavy atom. The highest BCUT2D eigenvalue weighted by atomic mass is 16.6. The van der Waals surface area contributed by atoms with E-state index in [1.807, 2.05) is 60.7 Å². The van der Waals surface area contributed by atoms with Crippen molar-refractivity contribution in [2.75, 3.05) is 0 Å². The van der Waals surface area contributed by atoms with Crippen LogP contribution >= 0.6 is 0 Å². The van der Waals surface area contributed by atoms with Crippen molar-refractivity contribution in [2.24, 2.45) is 0 Å². The van der Waals surface area contributed by atoms with Gasteiger partial charge in [-0.05, 0) is 38.3 Å². The number of hydrogen-bond acceptors (Lipinski definition) is 5. The van der Waals surface area contributed by atoms with Gasteiger partial charge in [-0.25, -0.2) is 9.78 Å². The van der Waals surface area contributed by atoms with E-state index >= 15 is 0 Å². The maximum absolute atomic E-state index is 12.5. The molecule has 3 aromatic rings. The summed E-state index contributed by atoms with van der Waals surface area (Å²) in [5.74, 6) is 0.412. The second kappa shape index (κ2) is 10.9. The molecular weight excluding hydrogens is 406 g/mol. The monoisotopic (exact) mass is 437 g/mol. The molecule has 170 valence electrons. The fraction of sp³-hybridized carbons (Fsp3) is 0.360. The van der Waals surface area contributed by atoms with Crippen molar-refractivity contribution in [1.82, 2.24) is 14.9 Å². The number of ether oxygens (including phenoxy) is 2. The molecule has 1 heterocycles. The maximum atomic E-state index is 12.5. The summed E-state index contributed by atoms with van der Waals surface area (Å²) in [6, 6.07) is 18.9. The number of alkyl carbamates (subject to hydrolysis) is 1. The smallest absolute Gasteiger partial charge is 0.407 e. The number of aliphatic hydroxyl groups is 1. The van der Waals surface area contributed by atoms with E-state index in [0.717, 1.165) is 11.1 Å². The van der Waals surface area contributed by atoms with E-state index in [9.17, 15) is 9.90 Å². The Labute approximate surface area is 189 Å². The van der Waals surface area contributed by atoms with Gasteiger partial charge in [0.05, 0.1) is 12.6 Å². The highest BCUT2D eigenvalue weighted by molar-refractivity contribution is 5.68. The summed E-state index contributed by atoms with van der Waals surface area (Å²) < 4.78 is 12.9. The molecule has 0 aliphatic rings. The zero-order chi connectivity index (χ0) is 23.0. The van der Waals surface area contributed by atoms with Crippen molar-refractivity contribution in [3.63, 3.8) is 0 Å². The van der Waals surface area contributed by atoms with Gasteiger partial charge in [0.15, 0.2) is 0 Å². The molecule has 1 amide bonds. The van der Waals surface area contributed by atoms with Crippen LogP contribution in [0.1, 0.15) is 43.8 Å². The molecule has 0 saturated carbocycles. The van der Waals surface area contributed by atoms with Gasteiger partial charge in [0.25, 0.3) is 0 Å². The summed E-state index contributed by atoms with van der Waals surface area (Å²) in [5.41, 5.74) is 1.39. The van der Waals surface area contributed by atoms with Gasteiger partial charge in [-0.3, -0.25) is 0 Å². The van der Waals surface area contributed by atoms with Crippen LogP contribution in [0.3, 0.4) is 0 Å². The lowest BCUT2D eigenvalue weighted by Gasteiger charge is -2.27. The number of nitrogens with one attached hydrogen (secondary N) is 1. The Morgan fingerprint density at radius 3 is 2.31 bits per heavy atom. The van der Waals surface area contributed by atoms with Crippen LogP contribution in [0.15, 0.2) is 73.1 Å². The molecule has 3 rings (SSSR count). The van der Waals surface area contributed by atoms with Crippen LogP contribution in [-0.4, -0.2) is 32.4 Å². The normalized spacial score (nSPS) is 13.4. The Balaban J connectivity index is 1.71. The molecule has 0 spiro atoms. The molecule has 1 unspecified atom stereocenters. The van der Waals surface area contributed by atoms with Crippen molar-refractivity contribution in [3.05, 3.63) is 90.0 Å². The third-order valence-corrected chi connectivity index (χ3v) is 4.74. The summed E-state index contributed by atoms with van der Waals surface area (Å²) in [6.45, 7) is 6.06. The van der Waals surface area contributed by atoms with Crippen molar-refractivity contribution in [1.29, 1.82) is 0 Å². The number of carbonyl (C=O) groups is 1. The SMILES string of the molecule is CC(C)(C)OC(=O)N[C@@H](Cc1ccccc1)C(O)c1nccn1COCc1ccccc1. The summed E-state index contributed by atoms with van der Waals surface area (Å²) in [7, 11) is 0. The quantitative estimate of drug-likeness (QED) is 0.523. The highest BCUT2D eigenvalue weighted by Gasteiger charge is 2.28. The minimum absolute atomic E-state index is 0.228. The highest BCUT2D eigenvalue weighted by Crippen LogP contribution is 2.20. The van der Waals surface area contributed by atoms with Crippen LogP contribution in [0.25, 0.3) is 0 Å². The van der Waals surface area contributed by atoms with Gasteiger partial charge in [0.2, 0.25) is 0 Å². The number of carbonyl (C=O) groups excluding carboxylic acids is 1. The standard InChI is InChI=1S/C25H31N3O4/c1-25(2,3)32-24(30)27-21(16-19-10-6-4-7-11-19)22(29)23-26-14-15-28(23)18-31-17-20-12-8-5-9-13-20/h4-15,21-22,29H,16-18H2,1-3H3,(H,27,30)/t21-,22?/m0/s1. The Hall–Kier alpha value is -3.16. The van der Waals surface area contributed by atoms with Crippen LogP contribution in [-0.2, 0) is 29.2 Å². The van der Waals surface area contributed by atoms with E-state index in [1.54, 1.807) is 37.7 Å². The molecule has 0 bridgehead atoms. The van der Waals surface area contributed by atoms with Crippen LogP contribution < -0.4 is 5.32 Å². The number of hydrogen-bond donors (Lipinski definition) is 2. The van der Waals surface area contributed by atoms with E-state index in [1.165, 1.54) is 0 Å². The molecule has 0 saturated heterocycles. The van der Waals surface area contributed by atoms with Gasteiger partial charge in [-0.1, -0.05) is 60.7 Å². The third kappa shape index (κ3) is 7.21. The van der Waals surface area contributed by atoms with Crippen LogP contribution in [0.4, 0.5) is 4.79 Å². The largest absolute Gasteiger partial charge is 0.444 e. The molecule has 0 fully saturated rings. The van der Waals surface area contributed by atoms with E-state index in [2.05, 4.69) is 10.3 Å². The average Bonchev–Trinajstić information content (AvgIpc) is 3.21. The van der Waals surface area contributed by atoms with E-state index in [-0.39, 0.29) is 6.73 Å². The number of aliphatic hydroxyl groups excluding tert-OH is 1. The molecule has 2 N–H and O–H groups in total. The predicted molar refractivity (Wildman–Crippen MR) is 122 cm³/mol. The fourth-order valence-electron chi connectivity index (χ4n) is 3.28. The molecular formula is C25H31N3O4. The first-order valence-corrected chi connectivity index (χ1v) is 10.7. The fourth-order valence-corrected chi connectivity index (χ4v) is 3.28. The second-order valence-electron chi connectivity index (χ2n) is 8.61. The minimum Gasteiger partial charge on any atom is -0.444 e. The first kappa shape index (κ1) is 23.5. The molecule has 0 aliphatic heterocycles. The molecule has 2 aromatic carbocycles. The first-order valence-electron chi connectivity index (χ1n) is 10.7. The Bertz CT molecular complexity index is 968. The van der Waals surface area contributed by atoms with Gasteiger partial charge in [-0.15, -0.1) is 0 Å². The molecule has 1 aromatic heterocycles. The number of rotatable bonds is 9. The van der Waals surface area contributed by atoms with E-state index in [4.69, 9.17) is 9.47 Å². The lowest BCUT2D eigenvalue weighted by atomic mass is 10.0. The van der Waals surface area contributed by atoms with Gasteiger partial charge >= 0.3 is 6.09 Å². The summed E-state index contributed by atoms with van der Waals surface area (Å²) in [5, 5.41) is 14.0. The average molecular weight is 438 g/mol. The van der Waals surface area contributed by atoms with Gasteiger partial charge < -0.3 is 24.5 Å². The number of benzene rings is 2. The molecule has 2 atom stereocenters. The Kier molecular flexibility index (Phi) is 8.03. The van der Waals surface area contributed by atoms with Gasteiger partial charge in [-0.2, -0.15) is 0 Å². The minimum atomic E-state index is -1.06. The summed E-state index contributed by atoms with van der Waals surface area (Å²) in [6.07, 6.45) is 2.13. The molecule has 7 nitrogen and oxygen atoms in total. The number of nitrogens with zero attached hydrogens (tertiary/aromatic N) is 2. The lowest BCUT2D eigenvalue weighted by Crippen LogP contribution is -2.44. The van der Waals surface area contributed by atoms with Crippen LogP contribution in [0.5, 0.6) is 0 Å². The van der Waals surface area contributed by atoms with Crippen molar-refractivity contribution < 1.29 is 19.4 Å². The van der Waals surface area contributed by atoms with Crippen molar-refractivity contribution >= 4 is 6.09 Å². The predicted octanol–water partition coefficient (Wildman–Crippen LogP) is 4.23. The molecule has 32 heavy (non-hydrogen) atoms. The summed E-state index contributed by atoms with van der Waals surface area (Å²) >= 11 is 0. The topological polar surface area (TPSA) is 85.6 Å². The van der Waals surface area contributed by atoms with Crippen LogP contribution in [0.2, 0.25) is 0 Å². The Morgan fingerprint density at radius 2 is 1.69 bits per heavy atom. The van der Waals surface area contributed by atoms with Gasteiger partial charge in [0, 0.05) is 12.4 Å². The molecule has 0 radical (unpaired) electrons. The van der Waals surface area contributed by atoms with Crippen molar-refractivity contribution in [2.45, 2.75) is 58.3 Å². The number of aromatic nitrogens is 2. The second-order valence-corrected chi connectivity index (χ2v) is 8.61. The van der Waals surface area contributed by atoms with Crippen LogP contribution in [0, 0.1) is 0 Å².